The maximum atomic E-state index is 12.8. The lowest BCUT2D eigenvalue weighted by Crippen LogP contribution is -2.30. The van der Waals surface area contributed by atoms with Gasteiger partial charge in [-0.3, -0.25) is 9.59 Å². The molecule has 1 unspecified atom stereocenters. The molecule has 2 aromatic carbocycles. The highest BCUT2D eigenvalue weighted by atomic mass is 35.5. The van der Waals surface area contributed by atoms with Gasteiger partial charge in [0, 0.05) is 16.0 Å². The third kappa shape index (κ3) is 3.73. The number of benzene rings is 2. The highest BCUT2D eigenvalue weighted by Gasteiger charge is 2.23. The number of furan rings is 1. The van der Waals surface area contributed by atoms with Crippen LogP contribution in [0.5, 0.6) is 0 Å². The molecule has 0 bridgehead atoms. The van der Waals surface area contributed by atoms with E-state index in [-0.39, 0.29) is 18.1 Å². The largest absolute Gasteiger partial charge is 0.469 e. The summed E-state index contributed by atoms with van der Waals surface area (Å²) in [6, 6.07) is 13.8. The van der Waals surface area contributed by atoms with E-state index in [0.29, 0.717) is 10.6 Å². The molecule has 1 N–H and O–H groups in total. The number of hydrogen-bond donors (Lipinski definition) is 1. The highest BCUT2D eigenvalue weighted by molar-refractivity contribution is 6.30. The molecule has 1 aromatic heterocycles. The van der Waals surface area contributed by atoms with E-state index in [2.05, 4.69) is 5.32 Å². The Labute approximate surface area is 155 Å². The van der Waals surface area contributed by atoms with Crippen LogP contribution in [0.2, 0.25) is 5.02 Å². The molecule has 0 radical (unpaired) electrons. The zero-order chi connectivity index (χ0) is 18.7. The number of carbonyl (C=O) groups is 2. The molecular formula is C20H18ClNO4. The van der Waals surface area contributed by atoms with E-state index in [1.165, 1.54) is 7.11 Å². The van der Waals surface area contributed by atoms with Gasteiger partial charge < -0.3 is 14.5 Å². The van der Waals surface area contributed by atoms with Crippen molar-refractivity contribution in [1.29, 1.82) is 0 Å². The number of carbonyl (C=O) groups excluding carboxylic acids is 2. The number of amides is 1. The number of aryl methyl sites for hydroxylation is 1. The van der Waals surface area contributed by atoms with Crippen LogP contribution in [-0.2, 0) is 9.53 Å². The highest BCUT2D eigenvalue weighted by Crippen LogP contribution is 2.26. The molecule has 0 fully saturated rings. The molecule has 1 heterocycles. The smallest absolute Gasteiger partial charge is 0.307 e. The van der Waals surface area contributed by atoms with Crippen LogP contribution in [-0.4, -0.2) is 19.0 Å². The summed E-state index contributed by atoms with van der Waals surface area (Å²) in [4.78, 5) is 24.5. The molecule has 0 saturated heterocycles. The molecule has 3 aromatic rings. The summed E-state index contributed by atoms with van der Waals surface area (Å²) in [5, 5.41) is 4.32. The Morgan fingerprint density at radius 1 is 1.15 bits per heavy atom. The topological polar surface area (TPSA) is 68.5 Å². The fourth-order valence-electron chi connectivity index (χ4n) is 2.81. The number of ether oxygens (including phenoxy) is 1. The molecule has 3 rings (SSSR count). The van der Waals surface area contributed by atoms with Crippen LogP contribution in [0, 0.1) is 6.92 Å². The van der Waals surface area contributed by atoms with Crippen molar-refractivity contribution in [2.45, 2.75) is 19.4 Å². The van der Waals surface area contributed by atoms with E-state index in [0.717, 1.165) is 16.5 Å². The molecule has 0 aliphatic heterocycles. The number of para-hydroxylation sites is 1. The van der Waals surface area contributed by atoms with Gasteiger partial charge in [-0.05, 0) is 30.7 Å². The predicted molar refractivity (Wildman–Crippen MR) is 99.2 cm³/mol. The Balaban J connectivity index is 1.89. The van der Waals surface area contributed by atoms with Crippen LogP contribution >= 0.6 is 11.6 Å². The lowest BCUT2D eigenvalue weighted by molar-refractivity contribution is -0.141. The zero-order valence-corrected chi connectivity index (χ0v) is 15.2. The molecule has 0 aliphatic rings. The molecule has 5 nitrogen and oxygen atoms in total. The second-order valence-electron chi connectivity index (χ2n) is 5.91. The Kier molecular flexibility index (Phi) is 5.28. The number of fused-ring (bicyclic) bond motifs is 1. The molecule has 0 saturated carbocycles. The van der Waals surface area contributed by atoms with Crippen molar-refractivity contribution in [2.75, 3.05) is 7.11 Å². The van der Waals surface area contributed by atoms with Gasteiger partial charge in [0.25, 0.3) is 5.91 Å². The SMILES string of the molecule is COC(=O)CC(NC(=O)c1oc2ccccc2c1C)c1ccc(Cl)cc1. The van der Waals surface area contributed by atoms with Crippen molar-refractivity contribution in [3.8, 4) is 0 Å². The number of halogens is 1. The third-order valence-corrected chi connectivity index (χ3v) is 4.48. The van der Waals surface area contributed by atoms with Gasteiger partial charge in [-0.25, -0.2) is 0 Å². The van der Waals surface area contributed by atoms with Gasteiger partial charge in [0.2, 0.25) is 0 Å². The summed E-state index contributed by atoms with van der Waals surface area (Å²) >= 11 is 5.92. The molecule has 1 atom stereocenters. The molecule has 6 heteroatoms. The minimum atomic E-state index is -0.556. The monoisotopic (exact) mass is 371 g/mol. The number of methoxy groups -OCH3 is 1. The molecule has 134 valence electrons. The zero-order valence-electron chi connectivity index (χ0n) is 14.4. The van der Waals surface area contributed by atoms with Crippen molar-refractivity contribution >= 4 is 34.4 Å². The van der Waals surface area contributed by atoms with Gasteiger partial charge >= 0.3 is 5.97 Å². The van der Waals surface area contributed by atoms with Crippen LogP contribution in [0.4, 0.5) is 0 Å². The van der Waals surface area contributed by atoms with Crippen molar-refractivity contribution in [1.82, 2.24) is 5.32 Å². The summed E-state index contributed by atoms with van der Waals surface area (Å²) in [7, 11) is 1.31. The summed E-state index contributed by atoms with van der Waals surface area (Å²) in [5.74, 6) is -0.579. The van der Waals surface area contributed by atoms with Gasteiger partial charge in [0.15, 0.2) is 5.76 Å². The Bertz CT molecular complexity index is 946. The normalized spacial score (nSPS) is 12.0. The molecular weight excluding hydrogens is 354 g/mol. The van der Waals surface area contributed by atoms with Crippen LogP contribution in [0.3, 0.4) is 0 Å². The third-order valence-electron chi connectivity index (χ3n) is 4.23. The number of rotatable bonds is 5. The number of esters is 1. The Hall–Kier alpha value is -2.79. The van der Waals surface area contributed by atoms with E-state index in [9.17, 15) is 9.59 Å². The van der Waals surface area contributed by atoms with Gasteiger partial charge in [-0.1, -0.05) is 41.9 Å². The van der Waals surface area contributed by atoms with Gasteiger partial charge in [-0.2, -0.15) is 0 Å². The molecule has 0 aliphatic carbocycles. The Morgan fingerprint density at radius 3 is 2.50 bits per heavy atom. The second-order valence-corrected chi connectivity index (χ2v) is 6.35. The van der Waals surface area contributed by atoms with Crippen LogP contribution in [0.25, 0.3) is 11.0 Å². The van der Waals surface area contributed by atoms with Crippen molar-refractivity contribution in [3.05, 3.63) is 70.4 Å². The van der Waals surface area contributed by atoms with E-state index < -0.39 is 12.0 Å². The summed E-state index contributed by atoms with van der Waals surface area (Å²) < 4.78 is 10.4. The lowest BCUT2D eigenvalue weighted by atomic mass is 10.0. The van der Waals surface area contributed by atoms with Gasteiger partial charge in [0.1, 0.15) is 5.58 Å². The van der Waals surface area contributed by atoms with Crippen LogP contribution in [0.15, 0.2) is 52.9 Å². The number of hydrogen-bond acceptors (Lipinski definition) is 4. The average Bonchev–Trinajstić information content (AvgIpc) is 2.99. The van der Waals surface area contributed by atoms with Crippen molar-refractivity contribution in [3.63, 3.8) is 0 Å². The maximum absolute atomic E-state index is 12.8. The second kappa shape index (κ2) is 7.62. The first-order chi connectivity index (χ1) is 12.5. The first kappa shape index (κ1) is 18.0. The van der Waals surface area contributed by atoms with E-state index in [1.54, 1.807) is 24.3 Å². The average molecular weight is 372 g/mol. The fourth-order valence-corrected chi connectivity index (χ4v) is 2.94. The van der Waals surface area contributed by atoms with E-state index in [4.69, 9.17) is 20.8 Å². The van der Waals surface area contributed by atoms with E-state index in [1.807, 2.05) is 31.2 Å². The van der Waals surface area contributed by atoms with Crippen molar-refractivity contribution < 1.29 is 18.7 Å². The molecule has 0 spiro atoms. The van der Waals surface area contributed by atoms with Crippen molar-refractivity contribution in [2.24, 2.45) is 0 Å². The standard InChI is InChI=1S/C20H18ClNO4/c1-12-15-5-3-4-6-17(15)26-19(12)20(24)22-16(11-18(23)25-2)13-7-9-14(21)10-8-13/h3-10,16H,11H2,1-2H3,(H,22,24). The Morgan fingerprint density at radius 2 is 1.85 bits per heavy atom. The predicted octanol–water partition coefficient (Wildman–Crippen LogP) is 4.43. The first-order valence-electron chi connectivity index (χ1n) is 8.11. The minimum Gasteiger partial charge on any atom is -0.469 e. The summed E-state index contributed by atoms with van der Waals surface area (Å²) in [6.45, 7) is 1.83. The lowest BCUT2D eigenvalue weighted by Gasteiger charge is -2.18. The van der Waals surface area contributed by atoms with Crippen LogP contribution < -0.4 is 5.32 Å². The summed E-state index contributed by atoms with van der Waals surface area (Å²) in [6.07, 6.45) is 0.00312. The van der Waals surface area contributed by atoms with Gasteiger partial charge in [0.05, 0.1) is 19.6 Å². The summed E-state index contributed by atoms with van der Waals surface area (Å²) in [5.41, 5.74) is 2.15. The van der Waals surface area contributed by atoms with Crippen LogP contribution in [0.1, 0.15) is 34.1 Å². The number of nitrogens with one attached hydrogen (secondary N) is 1. The minimum absolute atomic E-state index is 0.00312. The maximum Gasteiger partial charge on any atom is 0.307 e. The van der Waals surface area contributed by atoms with Gasteiger partial charge in [-0.15, -0.1) is 0 Å². The molecule has 26 heavy (non-hydrogen) atoms. The fraction of sp³-hybridized carbons (Fsp3) is 0.200. The quantitative estimate of drug-likeness (QED) is 0.674. The molecule has 1 amide bonds. The first-order valence-corrected chi connectivity index (χ1v) is 8.48. The van der Waals surface area contributed by atoms with E-state index >= 15 is 0 Å².